The summed E-state index contributed by atoms with van der Waals surface area (Å²) in [5, 5.41) is 9.38. The molecule has 4 aliphatic rings. The second-order valence-electron chi connectivity index (χ2n) is 13.0. The zero-order valence-corrected chi connectivity index (χ0v) is 26.9. The van der Waals surface area contributed by atoms with Crippen molar-refractivity contribution in [1.82, 2.24) is 9.88 Å². The third-order valence-electron chi connectivity index (χ3n) is 9.99. The van der Waals surface area contributed by atoms with Crippen LogP contribution >= 0.6 is 0 Å². The molecule has 3 aliphatic carbocycles. The molecule has 0 bridgehead atoms. The lowest BCUT2D eigenvalue weighted by atomic mass is 9.93. The van der Waals surface area contributed by atoms with Crippen LogP contribution in [0.25, 0.3) is 22.3 Å². The van der Waals surface area contributed by atoms with E-state index in [0.29, 0.717) is 28.8 Å². The van der Waals surface area contributed by atoms with Crippen LogP contribution in [0.4, 0.5) is 44.3 Å². The van der Waals surface area contributed by atoms with Gasteiger partial charge in [0.05, 0.1) is 41.6 Å². The Labute approximate surface area is 288 Å². The number of hydrogen-bond acceptors (Lipinski definition) is 5. The van der Waals surface area contributed by atoms with Gasteiger partial charge in [0.25, 0.3) is 0 Å². The SMILES string of the molecule is COc1ccc(-c2ccc(C(=O)O)cc2C)cc1-c1ccc(C(F)(F)F)nc1CN1C(=O)O[C@]2(C3=CC(C(F)(F)F)=CC(C(F)(F)F)=CC32)C12CC2. The number of aromatic nitrogens is 1. The standard InChI is InChI=1S/C36H25F9N2O5/c1-17-11-19(30(48)49)3-5-22(17)18-4-7-28(51-2)24(12-18)23-6-8-29(36(43,44)45)46-27(23)16-47-31(50)52-33(32(47)9-10-32)25-14-20(34(37,38)39)13-21(15-26(25)33)35(40,41)42/h3-8,11-15,25H,9-10,16H2,1-2H3,(H,48,49)/t25?,33-/m1/s1. The van der Waals surface area contributed by atoms with Gasteiger partial charge in [-0.1, -0.05) is 24.3 Å². The van der Waals surface area contributed by atoms with Crippen LogP contribution in [-0.2, 0) is 17.5 Å². The van der Waals surface area contributed by atoms with Gasteiger partial charge in [-0.3, -0.25) is 4.90 Å². The highest BCUT2D eigenvalue weighted by Crippen LogP contribution is 2.74. The molecule has 1 amide bonds. The molecule has 3 fully saturated rings. The van der Waals surface area contributed by atoms with Crippen molar-refractivity contribution in [3.8, 4) is 28.0 Å². The Balaban J connectivity index is 1.32. The maximum absolute atomic E-state index is 14.0. The first kappa shape index (κ1) is 35.1. The minimum absolute atomic E-state index is 0.0106. The third kappa shape index (κ3) is 5.50. The first-order valence-electron chi connectivity index (χ1n) is 15.6. The van der Waals surface area contributed by atoms with E-state index in [1.165, 1.54) is 19.2 Å². The van der Waals surface area contributed by atoms with Crippen LogP contribution in [0.2, 0.25) is 0 Å². The minimum Gasteiger partial charge on any atom is -0.496 e. The van der Waals surface area contributed by atoms with E-state index in [2.05, 4.69) is 4.98 Å². The molecule has 52 heavy (non-hydrogen) atoms. The normalized spacial score (nSPS) is 22.0. The Hall–Kier alpha value is -5.28. The van der Waals surface area contributed by atoms with Crippen molar-refractivity contribution in [3.63, 3.8) is 0 Å². The maximum Gasteiger partial charge on any atom is 0.433 e. The number of aryl methyl sites for hydroxylation is 1. The van der Waals surface area contributed by atoms with Crippen molar-refractivity contribution >= 4 is 12.1 Å². The molecule has 16 heteroatoms. The molecule has 7 rings (SSSR count). The highest BCUT2D eigenvalue weighted by Gasteiger charge is 2.84. The second-order valence-corrected chi connectivity index (χ2v) is 13.0. The summed E-state index contributed by atoms with van der Waals surface area (Å²) in [6, 6.07) is 11.0. The molecule has 2 aromatic carbocycles. The first-order valence-corrected chi connectivity index (χ1v) is 15.6. The number of carbonyl (C=O) groups is 2. The summed E-state index contributed by atoms with van der Waals surface area (Å²) in [7, 11) is 1.32. The van der Waals surface area contributed by atoms with Crippen molar-refractivity contribution in [2.45, 2.75) is 56.0 Å². The van der Waals surface area contributed by atoms with E-state index in [1.807, 2.05) is 0 Å². The van der Waals surface area contributed by atoms with Crippen molar-refractivity contribution in [3.05, 3.63) is 106 Å². The lowest BCUT2D eigenvalue weighted by Gasteiger charge is -2.26. The highest BCUT2D eigenvalue weighted by molar-refractivity contribution is 5.89. The molecule has 2 spiro atoms. The van der Waals surface area contributed by atoms with Gasteiger partial charge in [0.1, 0.15) is 11.4 Å². The number of hydrogen-bond donors (Lipinski definition) is 1. The molecule has 2 atom stereocenters. The van der Waals surface area contributed by atoms with Crippen LogP contribution in [0.15, 0.2) is 83.5 Å². The average molecular weight is 737 g/mol. The number of carbonyl (C=O) groups excluding carboxylic acids is 1. The molecule has 1 aliphatic heterocycles. The van der Waals surface area contributed by atoms with E-state index in [-0.39, 0.29) is 52.6 Å². The van der Waals surface area contributed by atoms with Crippen molar-refractivity contribution < 1.29 is 63.7 Å². The maximum atomic E-state index is 14.0. The van der Waals surface area contributed by atoms with Gasteiger partial charge in [-0.15, -0.1) is 0 Å². The van der Waals surface area contributed by atoms with Gasteiger partial charge in [0, 0.05) is 17.0 Å². The number of alkyl halides is 9. The summed E-state index contributed by atoms with van der Waals surface area (Å²) in [5.74, 6) is -2.32. The molecule has 1 N–H and O–H groups in total. The van der Waals surface area contributed by atoms with Crippen LogP contribution in [0.3, 0.4) is 0 Å². The summed E-state index contributed by atoms with van der Waals surface area (Å²) >= 11 is 0. The lowest BCUT2D eigenvalue weighted by Crippen LogP contribution is -2.41. The van der Waals surface area contributed by atoms with Crippen LogP contribution in [0.1, 0.15) is 40.2 Å². The Bertz CT molecular complexity index is 2140. The molecule has 1 aromatic heterocycles. The summed E-state index contributed by atoms with van der Waals surface area (Å²) in [5.41, 5.74) is -6.26. The Morgan fingerprint density at radius 2 is 1.58 bits per heavy atom. The summed E-state index contributed by atoms with van der Waals surface area (Å²) in [6.07, 6.45) is -15.1. The van der Waals surface area contributed by atoms with E-state index >= 15 is 0 Å². The number of carboxylic acids is 1. The van der Waals surface area contributed by atoms with E-state index in [1.54, 1.807) is 31.2 Å². The smallest absolute Gasteiger partial charge is 0.433 e. The minimum atomic E-state index is -5.17. The van der Waals surface area contributed by atoms with Crippen LogP contribution in [-0.4, -0.2) is 57.7 Å². The zero-order valence-electron chi connectivity index (χ0n) is 26.9. The molecule has 7 nitrogen and oxygen atoms in total. The largest absolute Gasteiger partial charge is 0.496 e. The third-order valence-corrected chi connectivity index (χ3v) is 9.99. The number of rotatable bonds is 6. The van der Waals surface area contributed by atoms with E-state index in [4.69, 9.17) is 9.47 Å². The van der Waals surface area contributed by atoms with Gasteiger partial charge in [-0.05, 0) is 84.5 Å². The van der Waals surface area contributed by atoms with Crippen molar-refractivity contribution in [2.75, 3.05) is 7.11 Å². The fourth-order valence-electron chi connectivity index (χ4n) is 7.40. The fraction of sp³-hybridized carbons (Fsp3) is 0.306. The van der Waals surface area contributed by atoms with Crippen LogP contribution in [0, 0.1) is 12.8 Å². The van der Waals surface area contributed by atoms with Crippen molar-refractivity contribution in [2.24, 2.45) is 5.92 Å². The highest BCUT2D eigenvalue weighted by atomic mass is 19.4. The van der Waals surface area contributed by atoms with Gasteiger partial charge in [0.2, 0.25) is 0 Å². The quantitative estimate of drug-likeness (QED) is 0.254. The molecular formula is C36H25F9N2O5. The number of carboxylic acid groups (broad SMARTS) is 1. The topological polar surface area (TPSA) is 89.0 Å². The van der Waals surface area contributed by atoms with E-state index in [9.17, 15) is 54.2 Å². The number of fused-ring (bicyclic) bond motifs is 4. The first-order chi connectivity index (χ1) is 24.2. The Morgan fingerprint density at radius 1 is 0.904 bits per heavy atom. The number of amides is 1. The van der Waals surface area contributed by atoms with Gasteiger partial charge >= 0.3 is 30.6 Å². The molecule has 3 aromatic rings. The molecule has 1 unspecified atom stereocenters. The van der Waals surface area contributed by atoms with E-state index in [0.717, 1.165) is 17.0 Å². The van der Waals surface area contributed by atoms with E-state index < -0.39 is 71.0 Å². The zero-order chi connectivity index (χ0) is 37.8. The molecule has 2 saturated carbocycles. The monoisotopic (exact) mass is 736 g/mol. The van der Waals surface area contributed by atoms with Crippen molar-refractivity contribution in [1.29, 1.82) is 0 Å². The second kappa shape index (κ2) is 11.4. The molecule has 272 valence electrons. The van der Waals surface area contributed by atoms with Gasteiger partial charge in [-0.2, -0.15) is 39.5 Å². The summed E-state index contributed by atoms with van der Waals surface area (Å²) in [6.45, 7) is 1.03. The number of allylic oxidation sites excluding steroid dienone is 4. The predicted molar refractivity (Wildman–Crippen MR) is 165 cm³/mol. The number of nitrogens with zero attached hydrogens (tertiary/aromatic N) is 2. The van der Waals surface area contributed by atoms with Gasteiger partial charge in [-0.25, -0.2) is 14.6 Å². The molecule has 1 saturated heterocycles. The summed E-state index contributed by atoms with van der Waals surface area (Å²) in [4.78, 5) is 29.9. The Kier molecular flexibility index (Phi) is 7.68. The lowest BCUT2D eigenvalue weighted by molar-refractivity contribution is -0.141. The van der Waals surface area contributed by atoms with Crippen LogP contribution in [0.5, 0.6) is 5.75 Å². The number of ether oxygens (including phenoxy) is 2. The molecule has 2 heterocycles. The number of pyridine rings is 1. The Morgan fingerprint density at radius 3 is 2.15 bits per heavy atom. The summed E-state index contributed by atoms with van der Waals surface area (Å²) < 4.78 is 136. The predicted octanol–water partition coefficient (Wildman–Crippen LogP) is 9.22. The van der Waals surface area contributed by atoms with Crippen LogP contribution < -0.4 is 4.74 Å². The average Bonchev–Trinajstić information content (AvgIpc) is 3.95. The van der Waals surface area contributed by atoms with Gasteiger partial charge in [0.15, 0.2) is 5.60 Å². The number of methoxy groups -OCH3 is 1. The van der Waals surface area contributed by atoms with Gasteiger partial charge < -0.3 is 14.6 Å². The number of halogens is 9. The number of benzene rings is 2. The number of aromatic carboxylic acids is 1. The molecule has 0 radical (unpaired) electrons. The molecular weight excluding hydrogens is 711 g/mol. The fourth-order valence-corrected chi connectivity index (χ4v) is 7.40.